The number of esters is 2. The van der Waals surface area contributed by atoms with Crippen LogP contribution in [0.4, 0.5) is 4.39 Å². The zero-order valence-electron chi connectivity index (χ0n) is 20.0. The predicted molar refractivity (Wildman–Crippen MR) is 129 cm³/mol. The van der Waals surface area contributed by atoms with E-state index < -0.39 is 17.8 Å². The average Bonchev–Trinajstić information content (AvgIpc) is 3.24. The van der Waals surface area contributed by atoms with E-state index in [1.165, 1.54) is 31.0 Å². The van der Waals surface area contributed by atoms with E-state index in [-0.39, 0.29) is 24.2 Å². The molecule has 0 aliphatic carbocycles. The van der Waals surface area contributed by atoms with Crippen LogP contribution in [0.25, 0.3) is 0 Å². The molecule has 3 heterocycles. The molecule has 1 saturated heterocycles. The van der Waals surface area contributed by atoms with Crippen LogP contribution in [0.3, 0.4) is 0 Å². The number of carbonyl (C=O) groups excluding carboxylic acids is 3. The fourth-order valence-electron chi connectivity index (χ4n) is 4.66. The largest absolute Gasteiger partial charge is 0.466 e. The first-order valence-electron chi connectivity index (χ1n) is 11.6. The summed E-state index contributed by atoms with van der Waals surface area (Å²) >= 11 is 1.35. The highest BCUT2D eigenvalue weighted by Crippen LogP contribution is 2.45. The Morgan fingerprint density at radius 1 is 1.29 bits per heavy atom. The van der Waals surface area contributed by atoms with Crippen LogP contribution in [0, 0.1) is 11.7 Å². The minimum Gasteiger partial charge on any atom is -0.466 e. The lowest BCUT2D eigenvalue weighted by Gasteiger charge is -2.37. The SMILES string of the molecule is CCOC(=O)[C@@H]1CCCN(C(=O)CC2=CSC3=NC(C)=C(C(=O)OC)[C@H](c4cccc(F)c4)N23)C1. The summed E-state index contributed by atoms with van der Waals surface area (Å²) in [6, 6.07) is 5.35. The van der Waals surface area contributed by atoms with E-state index in [9.17, 15) is 18.8 Å². The fraction of sp³-hybridized carbons (Fsp3) is 0.440. The van der Waals surface area contributed by atoms with Crippen molar-refractivity contribution in [2.75, 3.05) is 26.8 Å². The van der Waals surface area contributed by atoms with Crippen molar-refractivity contribution in [1.29, 1.82) is 0 Å². The highest BCUT2D eigenvalue weighted by molar-refractivity contribution is 8.16. The number of allylic oxidation sites excluding steroid dienone is 1. The molecule has 1 fully saturated rings. The standard InChI is InChI=1S/C25H28FN3O5S/c1-4-34-23(31)17-8-6-10-28(13-17)20(30)12-19-14-35-25-27-15(2)21(24(32)33-3)22(29(19)25)16-7-5-9-18(26)11-16/h5,7,9,11,14,17,22H,4,6,8,10,12-13H2,1-3H3/t17-,22+/m1/s1. The Balaban J connectivity index is 1.60. The van der Waals surface area contributed by atoms with Crippen molar-refractivity contribution in [3.63, 3.8) is 0 Å². The summed E-state index contributed by atoms with van der Waals surface area (Å²) in [6.07, 6.45) is 1.47. The molecule has 10 heteroatoms. The Morgan fingerprint density at radius 2 is 2.09 bits per heavy atom. The van der Waals surface area contributed by atoms with Crippen LogP contribution in [-0.2, 0) is 23.9 Å². The van der Waals surface area contributed by atoms with Gasteiger partial charge < -0.3 is 19.3 Å². The summed E-state index contributed by atoms with van der Waals surface area (Å²) in [5, 5.41) is 2.44. The number of aliphatic imine (C=N–C) groups is 1. The Morgan fingerprint density at radius 3 is 2.80 bits per heavy atom. The molecule has 186 valence electrons. The Labute approximate surface area is 207 Å². The average molecular weight is 502 g/mol. The fourth-order valence-corrected chi connectivity index (χ4v) is 5.62. The molecule has 3 aliphatic heterocycles. The summed E-state index contributed by atoms with van der Waals surface area (Å²) in [7, 11) is 1.29. The Kier molecular flexibility index (Phi) is 7.59. The van der Waals surface area contributed by atoms with Gasteiger partial charge >= 0.3 is 11.9 Å². The number of fused-ring (bicyclic) bond motifs is 1. The van der Waals surface area contributed by atoms with Crippen molar-refractivity contribution < 1.29 is 28.2 Å². The number of rotatable bonds is 6. The van der Waals surface area contributed by atoms with Crippen molar-refractivity contribution in [3.8, 4) is 0 Å². The van der Waals surface area contributed by atoms with E-state index in [0.717, 1.165) is 6.42 Å². The molecule has 0 bridgehead atoms. The third-order valence-electron chi connectivity index (χ3n) is 6.30. The number of likely N-dealkylation sites (tertiary alicyclic amines) is 1. The topological polar surface area (TPSA) is 88.5 Å². The number of carbonyl (C=O) groups is 3. The van der Waals surface area contributed by atoms with Gasteiger partial charge in [0, 0.05) is 18.8 Å². The number of amidine groups is 1. The molecule has 1 amide bonds. The van der Waals surface area contributed by atoms with Gasteiger partial charge in [0.05, 0.1) is 43.4 Å². The number of piperidine rings is 1. The first-order valence-corrected chi connectivity index (χ1v) is 12.4. The molecule has 0 unspecified atom stereocenters. The smallest absolute Gasteiger partial charge is 0.338 e. The number of thioether (sulfide) groups is 1. The monoisotopic (exact) mass is 501 g/mol. The molecule has 2 atom stereocenters. The van der Waals surface area contributed by atoms with Crippen molar-refractivity contribution in [2.45, 2.75) is 39.2 Å². The van der Waals surface area contributed by atoms with Gasteiger partial charge in [-0.15, -0.1) is 0 Å². The normalized spacial score (nSPS) is 21.8. The van der Waals surface area contributed by atoms with Gasteiger partial charge in [-0.2, -0.15) is 0 Å². The van der Waals surface area contributed by atoms with Crippen LogP contribution in [0.15, 0.2) is 51.6 Å². The minimum atomic E-state index is -0.687. The maximum absolute atomic E-state index is 14.2. The quantitative estimate of drug-likeness (QED) is 0.549. The number of methoxy groups -OCH3 is 1. The van der Waals surface area contributed by atoms with Crippen molar-refractivity contribution in [1.82, 2.24) is 9.80 Å². The van der Waals surface area contributed by atoms with Crippen molar-refractivity contribution in [3.05, 3.63) is 58.0 Å². The number of ether oxygens (including phenoxy) is 2. The van der Waals surface area contributed by atoms with Gasteiger partial charge in [0.15, 0.2) is 5.17 Å². The molecular weight excluding hydrogens is 473 g/mol. The molecule has 0 spiro atoms. The molecule has 0 N–H and O–H groups in total. The van der Waals surface area contributed by atoms with Gasteiger partial charge in [0.25, 0.3) is 0 Å². The van der Waals surface area contributed by atoms with Gasteiger partial charge in [-0.3, -0.25) is 9.59 Å². The molecule has 0 radical (unpaired) electrons. The lowest BCUT2D eigenvalue weighted by atomic mass is 9.93. The maximum atomic E-state index is 14.2. The molecular formula is C25H28FN3O5S. The van der Waals surface area contributed by atoms with Crippen LogP contribution in [0.5, 0.6) is 0 Å². The van der Waals surface area contributed by atoms with Gasteiger partial charge in [-0.25, -0.2) is 14.2 Å². The second kappa shape index (κ2) is 10.6. The van der Waals surface area contributed by atoms with Crippen LogP contribution < -0.4 is 0 Å². The number of hydrogen-bond donors (Lipinski definition) is 0. The summed E-state index contributed by atoms with van der Waals surface area (Å²) in [6.45, 7) is 4.67. The summed E-state index contributed by atoms with van der Waals surface area (Å²) in [5.41, 5.74) is 1.99. The number of nitrogens with zero attached hydrogens (tertiary/aromatic N) is 3. The second-order valence-electron chi connectivity index (χ2n) is 8.55. The van der Waals surface area contributed by atoms with Gasteiger partial charge in [0.1, 0.15) is 5.82 Å². The van der Waals surface area contributed by atoms with Crippen LogP contribution >= 0.6 is 11.8 Å². The van der Waals surface area contributed by atoms with Gasteiger partial charge in [-0.05, 0) is 49.8 Å². The first-order chi connectivity index (χ1) is 16.8. The van der Waals surface area contributed by atoms with Crippen molar-refractivity contribution in [2.24, 2.45) is 10.9 Å². The van der Waals surface area contributed by atoms with E-state index in [0.29, 0.717) is 53.8 Å². The molecule has 1 aromatic carbocycles. The molecule has 3 aliphatic rings. The highest BCUT2D eigenvalue weighted by Gasteiger charge is 2.41. The lowest BCUT2D eigenvalue weighted by molar-refractivity contribution is -0.151. The molecule has 1 aromatic rings. The van der Waals surface area contributed by atoms with E-state index in [2.05, 4.69) is 4.99 Å². The van der Waals surface area contributed by atoms with Crippen LogP contribution in [0.2, 0.25) is 0 Å². The molecule has 8 nitrogen and oxygen atoms in total. The zero-order chi connectivity index (χ0) is 25.1. The molecule has 35 heavy (non-hydrogen) atoms. The predicted octanol–water partition coefficient (Wildman–Crippen LogP) is 3.77. The number of benzene rings is 1. The second-order valence-corrected chi connectivity index (χ2v) is 9.38. The van der Waals surface area contributed by atoms with Gasteiger partial charge in [-0.1, -0.05) is 23.9 Å². The first kappa shape index (κ1) is 25.0. The third-order valence-corrected chi connectivity index (χ3v) is 7.19. The minimum absolute atomic E-state index is 0.0564. The van der Waals surface area contributed by atoms with E-state index in [4.69, 9.17) is 9.47 Å². The Hall–Kier alpha value is -3.14. The van der Waals surface area contributed by atoms with Crippen molar-refractivity contribution >= 4 is 34.8 Å². The number of amides is 1. The van der Waals surface area contributed by atoms with E-state index >= 15 is 0 Å². The van der Waals surface area contributed by atoms with Crippen LogP contribution in [0.1, 0.15) is 44.7 Å². The third kappa shape index (κ3) is 5.12. The highest BCUT2D eigenvalue weighted by atomic mass is 32.2. The summed E-state index contributed by atoms with van der Waals surface area (Å²) < 4.78 is 24.4. The number of halogens is 1. The van der Waals surface area contributed by atoms with Crippen LogP contribution in [-0.4, -0.2) is 59.6 Å². The number of hydrogen-bond acceptors (Lipinski definition) is 8. The summed E-state index contributed by atoms with van der Waals surface area (Å²) in [4.78, 5) is 46.3. The summed E-state index contributed by atoms with van der Waals surface area (Å²) in [5.74, 6) is -1.73. The molecule has 0 aromatic heterocycles. The molecule has 4 rings (SSSR count). The Bertz CT molecular complexity index is 1130. The maximum Gasteiger partial charge on any atom is 0.338 e. The van der Waals surface area contributed by atoms with Gasteiger partial charge in [0.2, 0.25) is 5.91 Å². The lowest BCUT2D eigenvalue weighted by Crippen LogP contribution is -2.44. The molecule has 0 saturated carbocycles. The van der Waals surface area contributed by atoms with E-state index in [1.807, 2.05) is 10.3 Å². The zero-order valence-corrected chi connectivity index (χ0v) is 20.8. The van der Waals surface area contributed by atoms with E-state index in [1.54, 1.807) is 30.9 Å².